The van der Waals surface area contributed by atoms with Gasteiger partial charge in [-0.25, -0.2) is 13.6 Å². The number of benzene rings is 1. The number of halogens is 2. The van der Waals surface area contributed by atoms with Gasteiger partial charge in [0.1, 0.15) is 17.2 Å². The van der Waals surface area contributed by atoms with Gasteiger partial charge in [0.25, 0.3) is 0 Å². The summed E-state index contributed by atoms with van der Waals surface area (Å²) in [4.78, 5) is 14.4. The summed E-state index contributed by atoms with van der Waals surface area (Å²) in [5, 5.41) is 0. The first kappa shape index (κ1) is 13.8. The molecule has 0 aliphatic heterocycles. The van der Waals surface area contributed by atoms with Crippen LogP contribution < -0.4 is 0 Å². The molecule has 0 amide bonds. The maximum absolute atomic E-state index is 14.4. The molecule has 3 nitrogen and oxygen atoms in total. The van der Waals surface area contributed by atoms with Gasteiger partial charge in [-0.05, 0) is 18.9 Å². The fourth-order valence-electron chi connectivity index (χ4n) is 2.72. The van der Waals surface area contributed by atoms with Crippen molar-refractivity contribution in [3.63, 3.8) is 0 Å². The third-order valence-electron chi connectivity index (χ3n) is 3.67. The highest BCUT2D eigenvalue weighted by molar-refractivity contribution is 5.40. The molecule has 0 unspecified atom stereocenters. The number of isocyanates is 1. The Hall–Kier alpha value is -1.58. The fourth-order valence-corrected chi connectivity index (χ4v) is 2.72. The van der Waals surface area contributed by atoms with E-state index in [-0.39, 0.29) is 17.7 Å². The molecule has 1 aliphatic rings. The van der Waals surface area contributed by atoms with Crippen LogP contribution in [0.15, 0.2) is 17.1 Å². The topological polar surface area (TPSA) is 38.7 Å². The minimum atomic E-state index is -0.887. The van der Waals surface area contributed by atoms with E-state index in [9.17, 15) is 13.6 Å². The minimum Gasteiger partial charge on any atom is -0.380 e. The van der Waals surface area contributed by atoms with Crippen molar-refractivity contribution < 1.29 is 18.3 Å². The van der Waals surface area contributed by atoms with Gasteiger partial charge in [0.15, 0.2) is 0 Å². The summed E-state index contributed by atoms with van der Waals surface area (Å²) in [5.41, 5.74) is -0.739. The molecule has 0 atom stereocenters. The molecule has 0 heterocycles. The van der Waals surface area contributed by atoms with E-state index < -0.39 is 17.2 Å². The number of hydrogen-bond donors (Lipinski definition) is 0. The maximum atomic E-state index is 14.4. The Morgan fingerprint density at radius 1 is 1.37 bits per heavy atom. The molecule has 1 aromatic carbocycles. The third-order valence-corrected chi connectivity index (χ3v) is 3.67. The van der Waals surface area contributed by atoms with E-state index in [0.717, 1.165) is 12.8 Å². The Kier molecular flexibility index (Phi) is 4.08. The van der Waals surface area contributed by atoms with Gasteiger partial charge in [-0.1, -0.05) is 18.9 Å². The first-order valence-corrected chi connectivity index (χ1v) is 6.20. The van der Waals surface area contributed by atoms with E-state index in [4.69, 9.17) is 4.74 Å². The fraction of sp³-hybridized carbons (Fsp3) is 0.500. The normalized spacial score (nSPS) is 17.2. The van der Waals surface area contributed by atoms with E-state index in [1.807, 2.05) is 0 Å². The first-order valence-electron chi connectivity index (χ1n) is 6.20. The lowest BCUT2D eigenvalue weighted by atomic mass is 9.87. The highest BCUT2D eigenvalue weighted by atomic mass is 19.1. The molecule has 0 N–H and O–H groups in total. The second kappa shape index (κ2) is 5.59. The first-order chi connectivity index (χ1) is 9.14. The molecule has 2 rings (SSSR count). The van der Waals surface area contributed by atoms with Crippen LogP contribution in [0, 0.1) is 11.6 Å². The van der Waals surface area contributed by atoms with E-state index in [0.29, 0.717) is 12.8 Å². The molecule has 0 aromatic heterocycles. The Morgan fingerprint density at radius 3 is 2.63 bits per heavy atom. The second-order valence-corrected chi connectivity index (χ2v) is 4.76. The van der Waals surface area contributed by atoms with Crippen LogP contribution in [0.4, 0.5) is 8.78 Å². The summed E-state index contributed by atoms with van der Waals surface area (Å²) < 4.78 is 32.8. The molecule has 19 heavy (non-hydrogen) atoms. The summed E-state index contributed by atoms with van der Waals surface area (Å²) in [7, 11) is 1.38. The molecule has 1 aromatic rings. The molecule has 1 fully saturated rings. The second-order valence-electron chi connectivity index (χ2n) is 4.76. The Labute approximate surface area is 110 Å². The Balaban J connectivity index is 2.55. The van der Waals surface area contributed by atoms with Gasteiger partial charge in [-0.3, -0.25) is 0 Å². The van der Waals surface area contributed by atoms with Gasteiger partial charge in [-0.2, -0.15) is 4.99 Å². The Morgan fingerprint density at radius 2 is 2.05 bits per heavy atom. The van der Waals surface area contributed by atoms with Crippen LogP contribution in [0.3, 0.4) is 0 Å². The summed E-state index contributed by atoms with van der Waals surface area (Å²) in [6, 6.07) is 2.57. The van der Waals surface area contributed by atoms with Crippen molar-refractivity contribution >= 4 is 6.08 Å². The van der Waals surface area contributed by atoms with Crippen molar-refractivity contribution in [3.05, 3.63) is 34.9 Å². The largest absolute Gasteiger partial charge is 0.380 e. The van der Waals surface area contributed by atoms with Crippen LogP contribution in [0.5, 0.6) is 0 Å². The number of nitrogens with zero attached hydrogens (tertiary/aromatic N) is 1. The smallest absolute Gasteiger partial charge is 0.235 e. The standard InChI is InChI=1S/C14H15F2NO2/c1-19-8-10-12(15)5-4-11(13(10)16)14(17-9-18)6-2-3-7-14/h4-5H,2-3,6-8H2,1H3. The molecule has 102 valence electrons. The number of rotatable bonds is 4. The molecule has 0 radical (unpaired) electrons. The van der Waals surface area contributed by atoms with Gasteiger partial charge < -0.3 is 4.74 Å². The van der Waals surface area contributed by atoms with Crippen LogP contribution in [-0.2, 0) is 21.7 Å². The van der Waals surface area contributed by atoms with Crippen molar-refractivity contribution in [2.24, 2.45) is 4.99 Å². The summed E-state index contributed by atoms with van der Waals surface area (Å²) in [5.74, 6) is -1.31. The van der Waals surface area contributed by atoms with Gasteiger partial charge in [0.05, 0.1) is 6.61 Å². The molecule has 5 heteroatoms. The highest BCUT2D eigenvalue weighted by Crippen LogP contribution is 2.43. The summed E-state index contributed by atoms with van der Waals surface area (Å²) in [6.07, 6.45) is 4.41. The van der Waals surface area contributed by atoms with Gasteiger partial charge in [-0.15, -0.1) is 0 Å². The minimum absolute atomic E-state index is 0.118. The van der Waals surface area contributed by atoms with E-state index in [1.165, 1.54) is 25.3 Å². The molecule has 1 saturated carbocycles. The lowest BCUT2D eigenvalue weighted by molar-refractivity contribution is 0.177. The van der Waals surface area contributed by atoms with Crippen LogP contribution in [0.2, 0.25) is 0 Å². The molecule has 0 bridgehead atoms. The van der Waals surface area contributed by atoms with Crippen LogP contribution in [0.1, 0.15) is 36.8 Å². The van der Waals surface area contributed by atoms with E-state index >= 15 is 0 Å². The zero-order chi connectivity index (χ0) is 13.9. The predicted octanol–water partition coefficient (Wildman–Crippen LogP) is 3.22. The van der Waals surface area contributed by atoms with Crippen LogP contribution in [-0.4, -0.2) is 13.2 Å². The SMILES string of the molecule is COCc1c(F)ccc(C2(N=C=O)CCCC2)c1F. The van der Waals surface area contributed by atoms with Crippen LogP contribution >= 0.6 is 0 Å². The number of hydrogen-bond acceptors (Lipinski definition) is 3. The Bertz CT molecular complexity index is 518. The van der Waals surface area contributed by atoms with Gasteiger partial charge in [0, 0.05) is 18.2 Å². The van der Waals surface area contributed by atoms with Crippen molar-refractivity contribution in [3.8, 4) is 0 Å². The van der Waals surface area contributed by atoms with Crippen LogP contribution in [0.25, 0.3) is 0 Å². The molecular formula is C14H15F2NO2. The predicted molar refractivity (Wildman–Crippen MR) is 65.3 cm³/mol. The van der Waals surface area contributed by atoms with Crippen molar-refractivity contribution in [1.29, 1.82) is 0 Å². The van der Waals surface area contributed by atoms with E-state index in [2.05, 4.69) is 4.99 Å². The number of ether oxygens (including phenoxy) is 1. The lowest BCUT2D eigenvalue weighted by Gasteiger charge is -2.24. The number of carbonyl (C=O) groups excluding carboxylic acids is 1. The van der Waals surface area contributed by atoms with Crippen molar-refractivity contribution in [1.82, 2.24) is 0 Å². The average molecular weight is 267 g/mol. The third kappa shape index (κ3) is 2.44. The maximum Gasteiger partial charge on any atom is 0.235 e. The quantitative estimate of drug-likeness (QED) is 0.620. The monoisotopic (exact) mass is 267 g/mol. The molecule has 0 spiro atoms. The van der Waals surface area contributed by atoms with Gasteiger partial charge >= 0.3 is 0 Å². The average Bonchev–Trinajstić information content (AvgIpc) is 2.84. The highest BCUT2D eigenvalue weighted by Gasteiger charge is 2.38. The summed E-state index contributed by atoms with van der Waals surface area (Å²) in [6.45, 7) is -0.146. The van der Waals surface area contributed by atoms with Crippen molar-refractivity contribution in [2.75, 3.05) is 7.11 Å². The number of methoxy groups -OCH3 is 1. The molecule has 1 aliphatic carbocycles. The van der Waals surface area contributed by atoms with Gasteiger partial charge in [0.2, 0.25) is 6.08 Å². The molecule has 0 saturated heterocycles. The summed E-state index contributed by atoms with van der Waals surface area (Å²) >= 11 is 0. The zero-order valence-corrected chi connectivity index (χ0v) is 10.7. The lowest BCUT2D eigenvalue weighted by Crippen LogP contribution is -2.22. The zero-order valence-electron chi connectivity index (χ0n) is 10.7. The van der Waals surface area contributed by atoms with Crippen molar-refractivity contribution in [2.45, 2.75) is 37.8 Å². The number of aliphatic imine (C=N–C) groups is 1. The van der Waals surface area contributed by atoms with E-state index in [1.54, 1.807) is 0 Å². The molecular weight excluding hydrogens is 252 g/mol.